The van der Waals surface area contributed by atoms with Crippen LogP contribution in [0.25, 0.3) is 0 Å². The highest BCUT2D eigenvalue weighted by Crippen LogP contribution is 2.09. The number of rotatable bonds is 6. The third-order valence-electron chi connectivity index (χ3n) is 2.85. The van der Waals surface area contributed by atoms with Crippen molar-refractivity contribution >= 4 is 28.8 Å². The standard InChI is InChI=1S/C12H22IN3/c1-2-12(14)11(13)10-15-6-5-9-16-7-3-4-8-16/h10H,2-9,14H2,1H3. The predicted molar refractivity (Wildman–Crippen MR) is 79.2 cm³/mol. The first-order valence-electron chi connectivity index (χ1n) is 6.10. The Labute approximate surface area is 112 Å². The van der Waals surface area contributed by atoms with Crippen LogP contribution in [0.4, 0.5) is 0 Å². The van der Waals surface area contributed by atoms with E-state index in [1.54, 1.807) is 0 Å². The second-order valence-corrected chi connectivity index (χ2v) is 5.33. The van der Waals surface area contributed by atoms with Gasteiger partial charge in [0.15, 0.2) is 0 Å². The van der Waals surface area contributed by atoms with E-state index >= 15 is 0 Å². The molecule has 0 unspecified atom stereocenters. The lowest BCUT2D eigenvalue weighted by molar-refractivity contribution is 0.336. The smallest absolute Gasteiger partial charge is 0.0495 e. The van der Waals surface area contributed by atoms with Crippen LogP contribution in [0, 0.1) is 0 Å². The molecule has 0 aromatic heterocycles. The van der Waals surface area contributed by atoms with Crippen LogP contribution in [-0.4, -0.2) is 37.3 Å². The number of nitrogens with two attached hydrogens (primary N) is 1. The minimum absolute atomic E-state index is 0.901. The molecular formula is C12H22IN3. The molecular weight excluding hydrogens is 313 g/mol. The molecule has 0 atom stereocenters. The van der Waals surface area contributed by atoms with Crippen LogP contribution in [0.15, 0.2) is 14.3 Å². The molecule has 2 N–H and O–H groups in total. The largest absolute Gasteiger partial charge is 0.401 e. The van der Waals surface area contributed by atoms with Crippen molar-refractivity contribution in [1.82, 2.24) is 4.90 Å². The monoisotopic (exact) mass is 335 g/mol. The van der Waals surface area contributed by atoms with E-state index in [4.69, 9.17) is 5.73 Å². The molecule has 0 saturated carbocycles. The van der Waals surface area contributed by atoms with Crippen LogP contribution in [0.3, 0.4) is 0 Å². The van der Waals surface area contributed by atoms with Gasteiger partial charge in [-0.25, -0.2) is 0 Å². The number of hydrogen-bond acceptors (Lipinski definition) is 3. The summed E-state index contributed by atoms with van der Waals surface area (Å²) in [6.45, 7) is 6.74. The Morgan fingerprint density at radius 3 is 2.75 bits per heavy atom. The van der Waals surface area contributed by atoms with Gasteiger partial charge in [-0.15, -0.1) is 0 Å². The lowest BCUT2D eigenvalue weighted by Crippen LogP contribution is -2.20. The lowest BCUT2D eigenvalue weighted by Gasteiger charge is -2.12. The summed E-state index contributed by atoms with van der Waals surface area (Å²) in [7, 11) is 0. The van der Waals surface area contributed by atoms with Gasteiger partial charge in [0.05, 0.1) is 0 Å². The lowest BCUT2D eigenvalue weighted by atomic mass is 10.3. The quantitative estimate of drug-likeness (QED) is 0.460. The number of hydrogen-bond donors (Lipinski definition) is 1. The molecule has 16 heavy (non-hydrogen) atoms. The van der Waals surface area contributed by atoms with Crippen LogP contribution in [-0.2, 0) is 0 Å². The molecule has 3 nitrogen and oxygen atoms in total. The van der Waals surface area contributed by atoms with Gasteiger partial charge in [-0.1, -0.05) is 6.92 Å². The van der Waals surface area contributed by atoms with E-state index in [9.17, 15) is 0 Å². The number of halogens is 1. The Morgan fingerprint density at radius 2 is 2.12 bits per heavy atom. The summed E-state index contributed by atoms with van der Waals surface area (Å²) in [5, 5.41) is 0. The molecule has 4 heteroatoms. The van der Waals surface area contributed by atoms with Crippen molar-refractivity contribution in [2.75, 3.05) is 26.2 Å². The highest BCUT2D eigenvalue weighted by atomic mass is 127. The Bertz CT molecular complexity index is 255. The maximum absolute atomic E-state index is 5.80. The van der Waals surface area contributed by atoms with Gasteiger partial charge in [0.1, 0.15) is 0 Å². The third kappa shape index (κ3) is 5.30. The number of allylic oxidation sites excluding steroid dienone is 2. The molecule has 1 aliphatic heterocycles. The molecule has 0 aromatic rings. The maximum Gasteiger partial charge on any atom is 0.0495 e. The normalized spacial score (nSPS) is 19.4. The van der Waals surface area contributed by atoms with E-state index in [0.29, 0.717) is 0 Å². The molecule has 0 radical (unpaired) electrons. The number of likely N-dealkylation sites (tertiary alicyclic amines) is 1. The van der Waals surface area contributed by atoms with Gasteiger partial charge in [0.25, 0.3) is 0 Å². The molecule has 1 saturated heterocycles. The average molecular weight is 335 g/mol. The van der Waals surface area contributed by atoms with Crippen LogP contribution >= 0.6 is 22.6 Å². The first kappa shape index (κ1) is 14.0. The summed E-state index contributed by atoms with van der Waals surface area (Å²) >= 11 is 2.25. The third-order valence-corrected chi connectivity index (χ3v) is 3.82. The van der Waals surface area contributed by atoms with Crippen molar-refractivity contribution in [3.8, 4) is 0 Å². The van der Waals surface area contributed by atoms with Gasteiger partial charge in [-0.05, 0) is 67.9 Å². The molecule has 0 aliphatic carbocycles. The maximum atomic E-state index is 5.80. The fraction of sp³-hybridized carbons (Fsp3) is 0.750. The van der Waals surface area contributed by atoms with Crippen molar-refractivity contribution in [3.63, 3.8) is 0 Å². The molecule has 1 rings (SSSR count). The van der Waals surface area contributed by atoms with Crippen molar-refractivity contribution in [1.29, 1.82) is 0 Å². The van der Waals surface area contributed by atoms with Crippen molar-refractivity contribution in [2.45, 2.75) is 32.6 Å². The summed E-state index contributed by atoms with van der Waals surface area (Å²) < 4.78 is 1.08. The number of aliphatic imine (C=N–C) groups is 1. The van der Waals surface area contributed by atoms with Gasteiger partial charge in [-0.2, -0.15) is 0 Å². The average Bonchev–Trinajstić information content (AvgIpc) is 2.80. The van der Waals surface area contributed by atoms with E-state index in [-0.39, 0.29) is 0 Å². The summed E-state index contributed by atoms with van der Waals surface area (Å²) in [6, 6.07) is 0. The van der Waals surface area contributed by atoms with Gasteiger partial charge >= 0.3 is 0 Å². The van der Waals surface area contributed by atoms with Crippen LogP contribution in [0.2, 0.25) is 0 Å². The van der Waals surface area contributed by atoms with E-state index in [2.05, 4.69) is 39.4 Å². The molecule has 92 valence electrons. The Balaban J connectivity index is 2.12. The Morgan fingerprint density at radius 1 is 1.44 bits per heavy atom. The van der Waals surface area contributed by atoms with Crippen LogP contribution in [0.5, 0.6) is 0 Å². The molecule has 1 heterocycles. The van der Waals surface area contributed by atoms with E-state index in [1.807, 2.05) is 6.21 Å². The fourth-order valence-electron chi connectivity index (χ4n) is 1.79. The predicted octanol–water partition coefficient (Wildman–Crippen LogP) is 2.56. The molecule has 0 spiro atoms. The molecule has 0 amide bonds. The fourth-order valence-corrected chi connectivity index (χ4v) is 2.37. The summed E-state index contributed by atoms with van der Waals surface area (Å²) in [6.07, 6.45) is 6.71. The summed E-state index contributed by atoms with van der Waals surface area (Å²) in [5.74, 6) is 0. The number of nitrogens with zero attached hydrogens (tertiary/aromatic N) is 2. The Hall–Kier alpha value is -0.100. The first-order valence-corrected chi connectivity index (χ1v) is 7.18. The SMILES string of the molecule is CCC(N)=C(I)C=NCCCN1CCCC1. The van der Waals surface area contributed by atoms with Crippen molar-refractivity contribution in [3.05, 3.63) is 9.28 Å². The molecule has 1 aliphatic rings. The highest BCUT2D eigenvalue weighted by Gasteiger charge is 2.09. The van der Waals surface area contributed by atoms with E-state index in [0.717, 1.165) is 28.7 Å². The summed E-state index contributed by atoms with van der Waals surface area (Å²) in [5.41, 5.74) is 6.74. The molecule has 1 fully saturated rings. The minimum atomic E-state index is 0.901. The van der Waals surface area contributed by atoms with E-state index < -0.39 is 0 Å². The van der Waals surface area contributed by atoms with Gasteiger partial charge in [-0.3, -0.25) is 4.99 Å². The van der Waals surface area contributed by atoms with Crippen molar-refractivity contribution < 1.29 is 0 Å². The zero-order valence-corrected chi connectivity index (χ0v) is 12.2. The second-order valence-electron chi connectivity index (χ2n) is 4.16. The highest BCUT2D eigenvalue weighted by molar-refractivity contribution is 14.1. The topological polar surface area (TPSA) is 41.6 Å². The zero-order valence-electron chi connectivity index (χ0n) is 10.1. The van der Waals surface area contributed by atoms with Gasteiger partial charge < -0.3 is 10.6 Å². The first-order chi connectivity index (χ1) is 7.74. The Kier molecular flexibility index (Phi) is 7.03. The van der Waals surface area contributed by atoms with Gasteiger partial charge in [0, 0.05) is 22.0 Å². The zero-order chi connectivity index (χ0) is 11.8. The second kappa shape index (κ2) is 8.06. The van der Waals surface area contributed by atoms with Crippen molar-refractivity contribution in [2.24, 2.45) is 10.7 Å². The summed E-state index contributed by atoms with van der Waals surface area (Å²) in [4.78, 5) is 6.93. The van der Waals surface area contributed by atoms with E-state index in [1.165, 1.54) is 32.5 Å². The van der Waals surface area contributed by atoms with Gasteiger partial charge in [0.2, 0.25) is 0 Å². The minimum Gasteiger partial charge on any atom is -0.401 e. The molecule has 0 bridgehead atoms. The molecule has 0 aromatic carbocycles. The van der Waals surface area contributed by atoms with Crippen LogP contribution < -0.4 is 5.73 Å². The van der Waals surface area contributed by atoms with Crippen LogP contribution in [0.1, 0.15) is 32.6 Å².